The molecule has 4 N–H and O–H groups in total. The van der Waals surface area contributed by atoms with Gasteiger partial charge < -0.3 is 11.5 Å². The minimum Gasteiger partial charge on any atom is -0.369 e. The van der Waals surface area contributed by atoms with Crippen molar-refractivity contribution in [2.24, 2.45) is 21.7 Å². The van der Waals surface area contributed by atoms with Crippen LogP contribution in [0.1, 0.15) is 12.5 Å². The molecule has 0 aliphatic carbocycles. The predicted octanol–water partition coefficient (Wildman–Crippen LogP) is 3.82. The van der Waals surface area contributed by atoms with Crippen LogP contribution in [0, 0.1) is 11.6 Å². The first kappa shape index (κ1) is 22.2. The zero-order valence-corrected chi connectivity index (χ0v) is 18.2. The largest absolute Gasteiger partial charge is 0.369 e. The molecule has 1 aromatic heterocycles. The van der Waals surface area contributed by atoms with E-state index in [2.05, 4.69) is 10.2 Å². The lowest BCUT2D eigenvalue weighted by molar-refractivity contribution is 0.509. The van der Waals surface area contributed by atoms with Crippen LogP contribution in [0.25, 0.3) is 22.2 Å². The van der Waals surface area contributed by atoms with Gasteiger partial charge in [0.1, 0.15) is 0 Å². The van der Waals surface area contributed by atoms with Crippen LogP contribution in [0.15, 0.2) is 87.9 Å². The molecule has 0 bridgehead atoms. The van der Waals surface area contributed by atoms with Crippen LogP contribution in [0.4, 0.5) is 8.78 Å². The van der Waals surface area contributed by atoms with Crippen molar-refractivity contribution in [3.8, 4) is 11.3 Å². The van der Waals surface area contributed by atoms with Crippen LogP contribution in [0.5, 0.6) is 0 Å². The molecule has 0 aliphatic rings. The summed E-state index contributed by atoms with van der Waals surface area (Å²) in [5, 5.41) is 8.21. The number of hydrogen-bond donors (Lipinski definition) is 2. The number of fused-ring (bicyclic) bond motifs is 1. The molecule has 168 valence electrons. The van der Waals surface area contributed by atoms with Crippen LogP contribution in [-0.4, -0.2) is 24.1 Å². The summed E-state index contributed by atoms with van der Waals surface area (Å²) < 4.78 is 56.6. The molecule has 0 atom stereocenters. The van der Waals surface area contributed by atoms with E-state index in [9.17, 15) is 17.2 Å². The number of hydrogen-bond acceptors (Lipinski definition) is 4. The summed E-state index contributed by atoms with van der Waals surface area (Å²) in [6.07, 6.45) is 0. The highest BCUT2D eigenvalue weighted by Crippen LogP contribution is 2.37. The second-order valence-corrected chi connectivity index (χ2v) is 8.95. The van der Waals surface area contributed by atoms with Crippen molar-refractivity contribution in [1.29, 1.82) is 0 Å². The molecule has 4 rings (SSSR count). The summed E-state index contributed by atoms with van der Waals surface area (Å²) in [4.78, 5) is 0.0277. The van der Waals surface area contributed by atoms with Crippen LogP contribution < -0.4 is 11.5 Å². The molecule has 10 heteroatoms. The summed E-state index contributed by atoms with van der Waals surface area (Å²) in [5.41, 5.74) is 12.0. The van der Waals surface area contributed by atoms with E-state index in [0.29, 0.717) is 16.5 Å². The van der Waals surface area contributed by atoms with Gasteiger partial charge in [0.15, 0.2) is 11.6 Å². The monoisotopic (exact) mass is 467 g/mol. The van der Waals surface area contributed by atoms with Gasteiger partial charge in [0.25, 0.3) is 10.0 Å². The third-order valence-electron chi connectivity index (χ3n) is 4.98. The van der Waals surface area contributed by atoms with Gasteiger partial charge in [-0.3, -0.25) is 0 Å². The Hall–Kier alpha value is -4.05. The van der Waals surface area contributed by atoms with E-state index in [-0.39, 0.29) is 27.8 Å². The lowest BCUT2D eigenvalue weighted by Crippen LogP contribution is -2.22. The molecule has 0 aliphatic heterocycles. The molecule has 3 aromatic carbocycles. The summed E-state index contributed by atoms with van der Waals surface area (Å²) in [6.45, 7) is 1.59. The number of benzene rings is 3. The van der Waals surface area contributed by atoms with Crippen molar-refractivity contribution >= 4 is 32.6 Å². The van der Waals surface area contributed by atoms with Gasteiger partial charge in [-0.15, -0.1) is 5.10 Å². The predicted molar refractivity (Wildman–Crippen MR) is 124 cm³/mol. The fourth-order valence-corrected chi connectivity index (χ4v) is 5.18. The van der Waals surface area contributed by atoms with Gasteiger partial charge in [-0.05, 0) is 43.3 Å². The quantitative estimate of drug-likeness (QED) is 0.264. The van der Waals surface area contributed by atoms with E-state index in [0.717, 1.165) is 16.1 Å². The minimum absolute atomic E-state index is 0.0277. The van der Waals surface area contributed by atoms with Crippen LogP contribution >= 0.6 is 0 Å². The average molecular weight is 468 g/mol. The van der Waals surface area contributed by atoms with E-state index in [1.807, 2.05) is 0 Å². The smallest absolute Gasteiger partial charge is 0.268 e. The maximum absolute atomic E-state index is 14.2. The molecule has 0 radical (unpaired) electrons. The molecule has 33 heavy (non-hydrogen) atoms. The Morgan fingerprint density at radius 1 is 0.879 bits per heavy atom. The van der Waals surface area contributed by atoms with Gasteiger partial charge in [0.05, 0.1) is 21.8 Å². The van der Waals surface area contributed by atoms with Crippen molar-refractivity contribution in [2.45, 2.75) is 11.8 Å². The van der Waals surface area contributed by atoms with Gasteiger partial charge in [-0.1, -0.05) is 36.4 Å². The number of nitrogens with zero attached hydrogens (tertiary/aromatic N) is 3. The molecule has 0 amide bonds. The lowest BCUT2D eigenvalue weighted by Gasteiger charge is -2.14. The molecule has 7 nitrogen and oxygen atoms in total. The summed E-state index contributed by atoms with van der Waals surface area (Å²) >= 11 is 0. The number of aromatic nitrogens is 1. The number of para-hydroxylation sites is 1. The van der Waals surface area contributed by atoms with Crippen molar-refractivity contribution in [3.05, 3.63) is 90.0 Å². The highest BCUT2D eigenvalue weighted by molar-refractivity contribution is 7.90. The highest BCUT2D eigenvalue weighted by Gasteiger charge is 2.29. The molecular formula is C23H19F2N5O2S. The zero-order chi connectivity index (χ0) is 23.8. The number of halogens is 2. The topological polar surface area (TPSA) is 116 Å². The standard InChI is InChI=1S/C23H19F2N5O2S/c1-14(28-29-23(26)27)21-17-9-5-6-10-20(17)30(33(31,32)16-7-3-2-4-8-16)22(21)15-11-12-18(24)19(25)13-15/h2-13H,1H3,(H4,26,27,29)/b28-14-. The Labute approximate surface area is 188 Å². The lowest BCUT2D eigenvalue weighted by atomic mass is 10.0. The normalized spacial score (nSPS) is 12.2. The maximum Gasteiger partial charge on any atom is 0.268 e. The Morgan fingerprint density at radius 3 is 2.21 bits per heavy atom. The third kappa shape index (κ3) is 3.96. The van der Waals surface area contributed by atoms with E-state index < -0.39 is 21.7 Å². The molecule has 4 aromatic rings. The van der Waals surface area contributed by atoms with Crippen LogP contribution in [0.2, 0.25) is 0 Å². The van der Waals surface area contributed by atoms with E-state index in [4.69, 9.17) is 11.5 Å². The first-order valence-electron chi connectivity index (χ1n) is 9.75. The van der Waals surface area contributed by atoms with Crippen molar-refractivity contribution in [2.75, 3.05) is 0 Å². The summed E-state index contributed by atoms with van der Waals surface area (Å²) in [7, 11) is -4.15. The molecule has 1 heterocycles. The van der Waals surface area contributed by atoms with Gasteiger partial charge in [0, 0.05) is 16.5 Å². The molecular weight excluding hydrogens is 448 g/mol. The molecule has 0 fully saturated rings. The van der Waals surface area contributed by atoms with E-state index in [1.165, 1.54) is 18.2 Å². The van der Waals surface area contributed by atoms with Crippen molar-refractivity contribution < 1.29 is 17.2 Å². The Kier molecular flexibility index (Phi) is 5.69. The van der Waals surface area contributed by atoms with Gasteiger partial charge >= 0.3 is 0 Å². The van der Waals surface area contributed by atoms with Gasteiger partial charge in [-0.2, -0.15) is 5.10 Å². The van der Waals surface area contributed by atoms with Crippen LogP contribution in [0.3, 0.4) is 0 Å². The first-order chi connectivity index (χ1) is 15.7. The maximum atomic E-state index is 14.2. The summed E-state index contributed by atoms with van der Waals surface area (Å²) in [6, 6.07) is 17.7. The molecule has 0 saturated carbocycles. The second kappa shape index (κ2) is 8.47. The van der Waals surface area contributed by atoms with Crippen LogP contribution in [-0.2, 0) is 10.0 Å². The Balaban J connectivity index is 2.19. The highest BCUT2D eigenvalue weighted by atomic mass is 32.2. The number of guanidine groups is 1. The fraction of sp³-hybridized carbons (Fsp3) is 0.0435. The molecule has 0 saturated heterocycles. The van der Waals surface area contributed by atoms with E-state index in [1.54, 1.807) is 49.4 Å². The van der Waals surface area contributed by atoms with E-state index >= 15 is 0 Å². The first-order valence-corrected chi connectivity index (χ1v) is 11.2. The summed E-state index contributed by atoms with van der Waals surface area (Å²) in [5.74, 6) is -2.46. The third-order valence-corrected chi connectivity index (χ3v) is 6.71. The SMILES string of the molecule is C/C(=N/N=C(N)N)c1c(-c2ccc(F)c(F)c2)n(S(=O)(=O)c2ccccc2)c2ccccc12. The van der Waals surface area contributed by atoms with Gasteiger partial charge in [-0.25, -0.2) is 21.2 Å². The van der Waals surface area contributed by atoms with Crippen molar-refractivity contribution in [1.82, 2.24) is 3.97 Å². The fourth-order valence-electron chi connectivity index (χ4n) is 3.61. The van der Waals surface area contributed by atoms with Crippen molar-refractivity contribution in [3.63, 3.8) is 0 Å². The Bertz CT molecular complexity index is 1520. The minimum atomic E-state index is -4.15. The Morgan fingerprint density at radius 2 is 1.55 bits per heavy atom. The number of rotatable bonds is 5. The molecule has 0 unspecified atom stereocenters. The molecule has 0 spiro atoms. The van der Waals surface area contributed by atoms with Gasteiger partial charge in [0.2, 0.25) is 5.96 Å². The number of nitrogens with two attached hydrogens (primary N) is 2. The second-order valence-electron chi connectivity index (χ2n) is 7.16. The zero-order valence-electron chi connectivity index (χ0n) is 17.4. The average Bonchev–Trinajstić information content (AvgIpc) is 3.16.